The van der Waals surface area contributed by atoms with E-state index in [-0.39, 0.29) is 12.2 Å². The summed E-state index contributed by atoms with van der Waals surface area (Å²) in [5.74, 6) is -2.80. The molecule has 0 saturated carbocycles. The summed E-state index contributed by atoms with van der Waals surface area (Å²) in [4.78, 5) is 23.6. The van der Waals surface area contributed by atoms with Crippen LogP contribution in [0.4, 0.5) is 4.39 Å². The van der Waals surface area contributed by atoms with Crippen LogP contribution in [0.2, 0.25) is 0 Å². The summed E-state index contributed by atoms with van der Waals surface area (Å²) in [5.41, 5.74) is 0.678. The van der Waals surface area contributed by atoms with E-state index in [9.17, 15) is 19.1 Å². The SMILES string of the molecule is COCC(C)(NC(=O)c1ccc(-c2ccc(C)cc2)cc1F)C(=O)O. The Morgan fingerprint density at radius 1 is 1.16 bits per heavy atom. The summed E-state index contributed by atoms with van der Waals surface area (Å²) in [6.07, 6.45) is 0. The molecule has 0 aliphatic rings. The van der Waals surface area contributed by atoms with E-state index >= 15 is 0 Å². The number of carboxylic acids is 1. The zero-order valence-electron chi connectivity index (χ0n) is 14.3. The zero-order chi connectivity index (χ0) is 18.6. The van der Waals surface area contributed by atoms with Crippen LogP contribution >= 0.6 is 0 Å². The van der Waals surface area contributed by atoms with E-state index in [0.717, 1.165) is 11.1 Å². The summed E-state index contributed by atoms with van der Waals surface area (Å²) in [5, 5.41) is 11.6. The number of hydrogen-bond donors (Lipinski definition) is 2. The Morgan fingerprint density at radius 2 is 1.76 bits per heavy atom. The van der Waals surface area contributed by atoms with E-state index in [4.69, 9.17) is 4.74 Å². The monoisotopic (exact) mass is 345 g/mol. The van der Waals surface area contributed by atoms with Gasteiger partial charge in [-0.25, -0.2) is 9.18 Å². The molecule has 0 saturated heterocycles. The van der Waals surface area contributed by atoms with Crippen molar-refractivity contribution in [3.05, 3.63) is 59.4 Å². The van der Waals surface area contributed by atoms with Crippen molar-refractivity contribution in [2.45, 2.75) is 19.4 Å². The fourth-order valence-electron chi connectivity index (χ4n) is 2.38. The highest BCUT2D eigenvalue weighted by molar-refractivity contribution is 5.98. The summed E-state index contributed by atoms with van der Waals surface area (Å²) in [6.45, 7) is 3.02. The van der Waals surface area contributed by atoms with Crippen LogP contribution in [0.3, 0.4) is 0 Å². The predicted octanol–water partition coefficient (Wildman–Crippen LogP) is 3.02. The summed E-state index contributed by atoms with van der Waals surface area (Å²) >= 11 is 0. The highest BCUT2D eigenvalue weighted by Crippen LogP contribution is 2.23. The molecule has 0 spiro atoms. The van der Waals surface area contributed by atoms with Crippen molar-refractivity contribution in [1.29, 1.82) is 0 Å². The lowest BCUT2D eigenvalue weighted by atomic mass is 10.0. The van der Waals surface area contributed by atoms with E-state index in [1.807, 2.05) is 31.2 Å². The van der Waals surface area contributed by atoms with E-state index in [1.54, 1.807) is 6.07 Å². The van der Waals surface area contributed by atoms with Crippen LogP contribution in [0.5, 0.6) is 0 Å². The lowest BCUT2D eigenvalue weighted by Gasteiger charge is -2.25. The van der Waals surface area contributed by atoms with Crippen molar-refractivity contribution in [3.63, 3.8) is 0 Å². The number of hydrogen-bond acceptors (Lipinski definition) is 3. The second-order valence-electron chi connectivity index (χ2n) is 6.09. The van der Waals surface area contributed by atoms with E-state index in [0.29, 0.717) is 5.56 Å². The van der Waals surface area contributed by atoms with Crippen molar-refractivity contribution in [2.75, 3.05) is 13.7 Å². The Kier molecular flexibility index (Phi) is 5.54. The van der Waals surface area contributed by atoms with Crippen LogP contribution in [0.15, 0.2) is 42.5 Å². The van der Waals surface area contributed by atoms with Gasteiger partial charge in [0, 0.05) is 7.11 Å². The minimum atomic E-state index is -1.64. The van der Waals surface area contributed by atoms with E-state index in [1.165, 1.54) is 26.2 Å². The Hall–Kier alpha value is -2.73. The fraction of sp³-hybridized carbons (Fsp3) is 0.263. The van der Waals surface area contributed by atoms with E-state index in [2.05, 4.69) is 5.32 Å². The third kappa shape index (κ3) is 4.22. The Bertz CT molecular complexity index is 789. The van der Waals surface area contributed by atoms with Crippen LogP contribution in [0.25, 0.3) is 11.1 Å². The highest BCUT2D eigenvalue weighted by atomic mass is 19.1. The maximum absolute atomic E-state index is 14.4. The molecule has 0 bridgehead atoms. The first kappa shape index (κ1) is 18.6. The van der Waals surface area contributed by atoms with Crippen LogP contribution in [-0.2, 0) is 9.53 Å². The molecule has 2 aromatic rings. The molecular weight excluding hydrogens is 325 g/mol. The van der Waals surface area contributed by atoms with Gasteiger partial charge in [0.1, 0.15) is 5.82 Å². The molecule has 1 unspecified atom stereocenters. The normalized spacial score (nSPS) is 13.1. The van der Waals surface area contributed by atoms with Crippen LogP contribution in [-0.4, -0.2) is 36.2 Å². The summed E-state index contributed by atoms with van der Waals surface area (Å²) < 4.78 is 19.2. The first-order chi connectivity index (χ1) is 11.8. The third-order valence-electron chi connectivity index (χ3n) is 3.89. The smallest absolute Gasteiger partial charge is 0.331 e. The van der Waals surface area contributed by atoms with Crippen LogP contribution < -0.4 is 5.32 Å². The minimum absolute atomic E-state index is 0.223. The van der Waals surface area contributed by atoms with Gasteiger partial charge in [-0.3, -0.25) is 4.79 Å². The Morgan fingerprint density at radius 3 is 2.28 bits per heavy atom. The van der Waals surface area contributed by atoms with Crippen molar-refractivity contribution in [3.8, 4) is 11.1 Å². The number of ether oxygens (including phenoxy) is 1. The number of aliphatic carboxylic acids is 1. The maximum atomic E-state index is 14.4. The number of nitrogens with one attached hydrogen (secondary N) is 1. The highest BCUT2D eigenvalue weighted by Gasteiger charge is 2.35. The van der Waals surface area contributed by atoms with Gasteiger partial charge in [0.25, 0.3) is 5.91 Å². The molecule has 0 radical (unpaired) electrons. The van der Waals surface area contributed by atoms with Gasteiger partial charge >= 0.3 is 5.97 Å². The van der Waals surface area contributed by atoms with Crippen molar-refractivity contribution < 1.29 is 23.8 Å². The largest absolute Gasteiger partial charge is 0.479 e. The number of carboxylic acid groups (broad SMARTS) is 1. The molecule has 0 aromatic heterocycles. The molecule has 1 amide bonds. The van der Waals surface area contributed by atoms with E-state index < -0.39 is 23.2 Å². The number of benzene rings is 2. The number of amides is 1. The molecule has 2 rings (SSSR count). The summed E-state index contributed by atoms with van der Waals surface area (Å²) in [6, 6.07) is 11.8. The van der Waals surface area contributed by atoms with Crippen molar-refractivity contribution >= 4 is 11.9 Å². The lowest BCUT2D eigenvalue weighted by molar-refractivity contribution is -0.145. The summed E-state index contributed by atoms with van der Waals surface area (Å²) in [7, 11) is 1.32. The quantitative estimate of drug-likeness (QED) is 0.844. The first-order valence-corrected chi connectivity index (χ1v) is 7.68. The second-order valence-corrected chi connectivity index (χ2v) is 6.09. The molecule has 2 N–H and O–H groups in total. The molecule has 132 valence electrons. The number of methoxy groups -OCH3 is 1. The number of aryl methyl sites for hydroxylation is 1. The van der Waals surface area contributed by atoms with Gasteiger partial charge in [0.05, 0.1) is 12.2 Å². The topological polar surface area (TPSA) is 75.6 Å². The van der Waals surface area contributed by atoms with Crippen LogP contribution in [0, 0.1) is 12.7 Å². The van der Waals surface area contributed by atoms with Crippen LogP contribution in [0.1, 0.15) is 22.8 Å². The molecule has 0 aliphatic carbocycles. The Labute approximate surface area is 145 Å². The number of rotatable bonds is 6. The van der Waals surface area contributed by atoms with Gasteiger partial charge in [-0.2, -0.15) is 0 Å². The molecule has 6 heteroatoms. The second kappa shape index (κ2) is 7.44. The Balaban J connectivity index is 2.26. The minimum Gasteiger partial charge on any atom is -0.479 e. The predicted molar refractivity (Wildman–Crippen MR) is 92.0 cm³/mol. The molecule has 0 fully saturated rings. The molecule has 1 atom stereocenters. The maximum Gasteiger partial charge on any atom is 0.331 e. The molecular formula is C19H20FNO4. The van der Waals surface area contributed by atoms with Crippen molar-refractivity contribution in [2.24, 2.45) is 0 Å². The molecule has 25 heavy (non-hydrogen) atoms. The third-order valence-corrected chi connectivity index (χ3v) is 3.89. The first-order valence-electron chi connectivity index (χ1n) is 7.68. The number of carbonyl (C=O) groups excluding carboxylic acids is 1. The van der Waals surface area contributed by atoms with Gasteiger partial charge in [0.2, 0.25) is 0 Å². The number of halogens is 1. The van der Waals surface area contributed by atoms with Gasteiger partial charge in [-0.05, 0) is 37.1 Å². The molecule has 5 nitrogen and oxygen atoms in total. The average Bonchev–Trinajstić information content (AvgIpc) is 2.55. The molecule has 0 heterocycles. The lowest BCUT2D eigenvalue weighted by Crippen LogP contribution is -2.55. The average molecular weight is 345 g/mol. The van der Waals surface area contributed by atoms with Gasteiger partial charge in [-0.15, -0.1) is 0 Å². The fourth-order valence-corrected chi connectivity index (χ4v) is 2.38. The standard InChI is InChI=1S/C19H20FNO4/c1-12-4-6-13(7-5-12)14-8-9-15(16(20)10-14)17(22)21-19(2,11-25-3)18(23)24/h4-10H,11H2,1-3H3,(H,21,22)(H,23,24). The van der Waals surface area contributed by atoms with Gasteiger partial charge in [-0.1, -0.05) is 35.9 Å². The zero-order valence-corrected chi connectivity index (χ0v) is 14.3. The number of carbonyl (C=O) groups is 2. The molecule has 0 aliphatic heterocycles. The van der Waals surface area contributed by atoms with Gasteiger partial charge < -0.3 is 15.2 Å². The van der Waals surface area contributed by atoms with Gasteiger partial charge in [0.15, 0.2) is 5.54 Å². The molecule has 2 aromatic carbocycles. The van der Waals surface area contributed by atoms with Crippen molar-refractivity contribution in [1.82, 2.24) is 5.32 Å².